The average molecular weight is 328 g/mol. The molecule has 0 fully saturated rings. The Morgan fingerprint density at radius 3 is 3.04 bits per heavy atom. The van der Waals surface area contributed by atoms with Crippen molar-refractivity contribution in [2.45, 2.75) is 39.3 Å². The van der Waals surface area contributed by atoms with E-state index in [1.165, 1.54) is 0 Å². The van der Waals surface area contributed by atoms with Crippen molar-refractivity contribution in [3.63, 3.8) is 0 Å². The Bertz CT molecular complexity index is 726. The molecule has 6 nitrogen and oxygen atoms in total. The number of imidazole rings is 1. The van der Waals surface area contributed by atoms with Crippen LogP contribution < -0.4 is 10.1 Å². The van der Waals surface area contributed by atoms with Gasteiger partial charge < -0.3 is 19.5 Å². The molecule has 6 heteroatoms. The first-order valence-electron chi connectivity index (χ1n) is 8.38. The first-order chi connectivity index (χ1) is 11.6. The fourth-order valence-electron chi connectivity index (χ4n) is 2.94. The number of aromatic nitrogens is 2. The van der Waals surface area contributed by atoms with Gasteiger partial charge in [-0.1, -0.05) is 6.92 Å². The molecule has 1 aliphatic rings. The van der Waals surface area contributed by atoms with Crippen molar-refractivity contribution in [2.24, 2.45) is 7.05 Å². The second-order valence-corrected chi connectivity index (χ2v) is 6.26. The highest BCUT2D eigenvalue weighted by atomic mass is 16.5. The van der Waals surface area contributed by atoms with Crippen LogP contribution in [0.15, 0.2) is 30.6 Å². The average Bonchev–Trinajstić information content (AvgIpc) is 3.11. The van der Waals surface area contributed by atoms with Gasteiger partial charge in [0.15, 0.2) is 0 Å². The van der Waals surface area contributed by atoms with E-state index < -0.39 is 0 Å². The monoisotopic (exact) mass is 328 g/mol. The zero-order valence-corrected chi connectivity index (χ0v) is 14.5. The van der Waals surface area contributed by atoms with Crippen LogP contribution in [0.25, 0.3) is 0 Å². The number of urea groups is 1. The van der Waals surface area contributed by atoms with Gasteiger partial charge in [-0.3, -0.25) is 0 Å². The number of rotatable bonds is 5. The van der Waals surface area contributed by atoms with Gasteiger partial charge in [0.2, 0.25) is 0 Å². The highest BCUT2D eigenvalue weighted by molar-refractivity contribution is 5.89. The SMILES string of the molecule is CCCN(Cc1nccn1C)C(=O)Nc1ccc2c(c1)C[C@H](C)O2. The van der Waals surface area contributed by atoms with Gasteiger partial charge in [0.1, 0.15) is 17.7 Å². The largest absolute Gasteiger partial charge is 0.490 e. The van der Waals surface area contributed by atoms with Gasteiger partial charge in [0.25, 0.3) is 0 Å². The van der Waals surface area contributed by atoms with Crippen LogP contribution in [0.1, 0.15) is 31.7 Å². The molecule has 24 heavy (non-hydrogen) atoms. The van der Waals surface area contributed by atoms with Crippen molar-refractivity contribution in [1.29, 1.82) is 0 Å². The Balaban J connectivity index is 1.69. The molecule has 0 saturated heterocycles. The van der Waals surface area contributed by atoms with Gasteiger partial charge in [-0.25, -0.2) is 9.78 Å². The van der Waals surface area contributed by atoms with Crippen molar-refractivity contribution in [3.8, 4) is 5.75 Å². The smallest absolute Gasteiger partial charge is 0.322 e. The fourth-order valence-corrected chi connectivity index (χ4v) is 2.94. The molecule has 3 rings (SSSR count). The number of aryl methyl sites for hydroxylation is 1. The second kappa shape index (κ2) is 6.95. The molecule has 2 aromatic rings. The summed E-state index contributed by atoms with van der Waals surface area (Å²) in [5, 5.41) is 3.00. The fraction of sp³-hybridized carbons (Fsp3) is 0.444. The molecular formula is C18H24N4O2. The summed E-state index contributed by atoms with van der Waals surface area (Å²) in [7, 11) is 1.94. The summed E-state index contributed by atoms with van der Waals surface area (Å²) in [5.41, 5.74) is 1.95. The lowest BCUT2D eigenvalue weighted by Crippen LogP contribution is -2.35. The topological polar surface area (TPSA) is 59.4 Å². The standard InChI is InChI=1S/C18H24N4O2/c1-4-8-22(12-17-19-7-9-21(17)3)18(23)20-15-5-6-16-14(11-15)10-13(2)24-16/h5-7,9,11,13H,4,8,10,12H2,1-3H3,(H,20,23)/t13-/m0/s1. The molecule has 128 valence electrons. The lowest BCUT2D eigenvalue weighted by atomic mass is 10.1. The molecule has 0 bridgehead atoms. The summed E-state index contributed by atoms with van der Waals surface area (Å²) < 4.78 is 7.64. The van der Waals surface area contributed by atoms with E-state index >= 15 is 0 Å². The number of benzene rings is 1. The molecule has 1 aromatic carbocycles. The Morgan fingerprint density at radius 1 is 1.50 bits per heavy atom. The predicted octanol–water partition coefficient (Wildman–Crippen LogP) is 3.19. The molecule has 1 aromatic heterocycles. The van der Waals surface area contributed by atoms with E-state index in [0.717, 1.165) is 35.7 Å². The highest BCUT2D eigenvalue weighted by Gasteiger charge is 2.20. The zero-order chi connectivity index (χ0) is 17.1. The third kappa shape index (κ3) is 3.53. The van der Waals surface area contributed by atoms with E-state index in [9.17, 15) is 4.79 Å². The minimum absolute atomic E-state index is 0.105. The van der Waals surface area contributed by atoms with E-state index in [2.05, 4.69) is 17.2 Å². The Morgan fingerprint density at radius 2 is 2.33 bits per heavy atom. The molecule has 0 unspecified atom stereocenters. The van der Waals surface area contributed by atoms with Crippen LogP contribution in [-0.4, -0.2) is 33.1 Å². The van der Waals surface area contributed by atoms with Crippen molar-refractivity contribution in [2.75, 3.05) is 11.9 Å². The van der Waals surface area contributed by atoms with Crippen LogP contribution in [0, 0.1) is 0 Å². The molecular weight excluding hydrogens is 304 g/mol. The van der Waals surface area contributed by atoms with Crippen LogP contribution in [-0.2, 0) is 20.0 Å². The van der Waals surface area contributed by atoms with Crippen molar-refractivity contribution < 1.29 is 9.53 Å². The van der Waals surface area contributed by atoms with Crippen molar-refractivity contribution in [3.05, 3.63) is 42.0 Å². The number of amides is 2. The van der Waals surface area contributed by atoms with Gasteiger partial charge in [0, 0.05) is 38.1 Å². The normalized spacial score (nSPS) is 15.7. The Hall–Kier alpha value is -2.50. The van der Waals surface area contributed by atoms with Gasteiger partial charge in [0.05, 0.1) is 6.54 Å². The molecule has 1 aliphatic heterocycles. The highest BCUT2D eigenvalue weighted by Crippen LogP contribution is 2.31. The summed E-state index contributed by atoms with van der Waals surface area (Å²) in [6.07, 6.45) is 5.61. The Kier molecular flexibility index (Phi) is 4.74. The van der Waals surface area contributed by atoms with E-state index in [-0.39, 0.29) is 12.1 Å². The van der Waals surface area contributed by atoms with Gasteiger partial charge >= 0.3 is 6.03 Å². The maximum atomic E-state index is 12.7. The first kappa shape index (κ1) is 16.4. The minimum Gasteiger partial charge on any atom is -0.490 e. The van der Waals surface area contributed by atoms with Crippen LogP contribution in [0.2, 0.25) is 0 Å². The first-order valence-corrected chi connectivity index (χ1v) is 8.38. The Labute approximate surface area is 142 Å². The maximum absolute atomic E-state index is 12.7. The predicted molar refractivity (Wildman–Crippen MR) is 93.2 cm³/mol. The summed E-state index contributed by atoms with van der Waals surface area (Å²) >= 11 is 0. The number of carbonyl (C=O) groups excluding carboxylic acids is 1. The number of hydrogen-bond acceptors (Lipinski definition) is 3. The summed E-state index contributed by atoms with van der Waals surface area (Å²) in [6, 6.07) is 5.71. The zero-order valence-electron chi connectivity index (χ0n) is 14.5. The number of carbonyl (C=O) groups is 1. The van der Waals surface area contributed by atoms with Crippen molar-refractivity contribution in [1.82, 2.24) is 14.5 Å². The maximum Gasteiger partial charge on any atom is 0.322 e. The molecule has 1 atom stereocenters. The van der Waals surface area contributed by atoms with Crippen LogP contribution in [0.5, 0.6) is 5.75 Å². The molecule has 0 spiro atoms. The third-order valence-electron chi connectivity index (χ3n) is 4.18. The van der Waals surface area contributed by atoms with E-state index in [4.69, 9.17) is 4.74 Å². The van der Waals surface area contributed by atoms with E-state index in [1.807, 2.05) is 42.9 Å². The van der Waals surface area contributed by atoms with E-state index in [0.29, 0.717) is 13.1 Å². The van der Waals surface area contributed by atoms with Gasteiger partial charge in [-0.05, 0) is 37.1 Å². The van der Waals surface area contributed by atoms with Crippen LogP contribution in [0.3, 0.4) is 0 Å². The minimum atomic E-state index is -0.105. The number of ether oxygens (including phenoxy) is 1. The number of nitrogens with zero attached hydrogens (tertiary/aromatic N) is 3. The number of anilines is 1. The van der Waals surface area contributed by atoms with Crippen LogP contribution in [0.4, 0.5) is 10.5 Å². The molecule has 2 heterocycles. The second-order valence-electron chi connectivity index (χ2n) is 6.26. The quantitative estimate of drug-likeness (QED) is 0.917. The number of hydrogen-bond donors (Lipinski definition) is 1. The van der Waals surface area contributed by atoms with Crippen LogP contribution >= 0.6 is 0 Å². The molecule has 0 aliphatic carbocycles. The van der Waals surface area contributed by atoms with Gasteiger partial charge in [-0.15, -0.1) is 0 Å². The summed E-state index contributed by atoms with van der Waals surface area (Å²) in [6.45, 7) is 5.29. The van der Waals surface area contributed by atoms with E-state index in [1.54, 1.807) is 11.1 Å². The molecule has 0 radical (unpaired) electrons. The molecule has 2 amide bonds. The van der Waals surface area contributed by atoms with Gasteiger partial charge in [-0.2, -0.15) is 0 Å². The number of nitrogens with one attached hydrogen (secondary N) is 1. The lowest BCUT2D eigenvalue weighted by Gasteiger charge is -2.22. The number of fused-ring (bicyclic) bond motifs is 1. The molecule has 0 saturated carbocycles. The van der Waals surface area contributed by atoms with Crippen molar-refractivity contribution >= 4 is 11.7 Å². The third-order valence-corrected chi connectivity index (χ3v) is 4.18. The lowest BCUT2D eigenvalue weighted by molar-refractivity contribution is 0.207. The molecule has 1 N–H and O–H groups in total. The summed E-state index contributed by atoms with van der Waals surface area (Å²) in [5.74, 6) is 1.79. The summed E-state index contributed by atoms with van der Waals surface area (Å²) in [4.78, 5) is 18.7.